The first-order valence-corrected chi connectivity index (χ1v) is 17.6. The van der Waals surface area contributed by atoms with Gasteiger partial charge in [-0.25, -0.2) is 9.59 Å². The zero-order chi connectivity index (χ0) is 38.7. The van der Waals surface area contributed by atoms with E-state index in [1.807, 2.05) is 0 Å². The number of piperidine rings is 1. The number of halogens is 1. The highest BCUT2D eigenvalue weighted by Crippen LogP contribution is 2.36. The van der Waals surface area contributed by atoms with Crippen LogP contribution < -0.4 is 21.3 Å². The lowest BCUT2D eigenvalue weighted by atomic mass is 9.88. The second-order valence-corrected chi connectivity index (χ2v) is 13.8. The molecule has 2 atom stereocenters. The molecule has 18 nitrogen and oxygen atoms in total. The van der Waals surface area contributed by atoms with Gasteiger partial charge in [-0.05, 0) is 83.4 Å². The number of carbonyl (C=O) groups excluding carboxylic acids is 4. The number of carbonyl (C=O) groups is 5. The van der Waals surface area contributed by atoms with E-state index in [1.54, 1.807) is 59.5 Å². The maximum absolute atomic E-state index is 13.7. The number of aliphatic hydroxyl groups excluding tert-OH is 1. The van der Waals surface area contributed by atoms with Crippen LogP contribution in [-0.4, -0.2) is 107 Å². The molecule has 5 amide bonds. The van der Waals surface area contributed by atoms with Crippen molar-refractivity contribution in [2.45, 2.75) is 43.4 Å². The number of aromatic amines is 1. The van der Waals surface area contributed by atoms with Crippen molar-refractivity contribution in [3.05, 3.63) is 89.3 Å². The van der Waals surface area contributed by atoms with Gasteiger partial charge in [-0.1, -0.05) is 23.7 Å². The van der Waals surface area contributed by atoms with Gasteiger partial charge in [0.25, 0.3) is 0 Å². The van der Waals surface area contributed by atoms with Gasteiger partial charge in [-0.2, -0.15) is 4.68 Å². The Balaban J connectivity index is 1.04. The summed E-state index contributed by atoms with van der Waals surface area (Å²) in [6, 6.07) is 15.8. The second-order valence-electron chi connectivity index (χ2n) is 13.3. The number of likely N-dealkylation sites (tertiary alicyclic amines) is 1. The molecule has 1 unspecified atom stereocenters. The lowest BCUT2D eigenvalue weighted by Crippen LogP contribution is -2.49. The van der Waals surface area contributed by atoms with Gasteiger partial charge < -0.3 is 46.1 Å². The van der Waals surface area contributed by atoms with Crippen molar-refractivity contribution in [1.82, 2.24) is 35.4 Å². The maximum Gasteiger partial charge on any atom is 0.352 e. The summed E-state index contributed by atoms with van der Waals surface area (Å²) in [5.74, 6) is -4.02. The van der Waals surface area contributed by atoms with Crippen LogP contribution in [-0.2, 0) is 25.5 Å². The van der Waals surface area contributed by atoms with E-state index in [1.165, 1.54) is 23.1 Å². The topological polar surface area (TPSA) is 246 Å². The third-order valence-electron chi connectivity index (χ3n) is 9.55. The average Bonchev–Trinajstić information content (AvgIpc) is 3.93. The van der Waals surface area contributed by atoms with Gasteiger partial charge >= 0.3 is 23.8 Å². The molecule has 1 spiro atoms. The number of hydrogen-bond donors (Lipinski definition) is 7. The normalized spacial score (nSPS) is 16.8. The number of aliphatic hydroxyl groups is 1. The van der Waals surface area contributed by atoms with E-state index in [0.29, 0.717) is 72.5 Å². The summed E-state index contributed by atoms with van der Waals surface area (Å²) in [7, 11) is 0. The molecule has 2 saturated heterocycles. The fourth-order valence-electron chi connectivity index (χ4n) is 6.70. The van der Waals surface area contributed by atoms with E-state index in [2.05, 4.69) is 41.8 Å². The number of nitrogens with zero attached hydrogens (tertiary/aromatic N) is 5. The van der Waals surface area contributed by atoms with Crippen molar-refractivity contribution in [3.63, 3.8) is 0 Å². The molecule has 7 N–H and O–H groups in total. The number of hydrogen-bond acceptors (Lipinski definition) is 10. The number of aromatic nitrogens is 5. The number of aromatic carboxylic acids is 1. The fraction of sp³-hybridized carbons (Fsp3) is 0.278. The Morgan fingerprint density at radius 1 is 0.945 bits per heavy atom. The smallest absolute Gasteiger partial charge is 0.352 e. The van der Waals surface area contributed by atoms with Crippen LogP contribution in [0.4, 0.5) is 21.9 Å². The lowest BCUT2D eigenvalue weighted by molar-refractivity contribution is -0.137. The van der Waals surface area contributed by atoms with E-state index in [0.717, 1.165) is 0 Å². The summed E-state index contributed by atoms with van der Waals surface area (Å²) in [6.07, 6.45) is 2.58. The van der Waals surface area contributed by atoms with E-state index in [-0.39, 0.29) is 34.5 Å². The quantitative estimate of drug-likeness (QED) is 0.107. The summed E-state index contributed by atoms with van der Waals surface area (Å²) in [5.41, 5.74) is 2.01. The van der Waals surface area contributed by atoms with Crippen molar-refractivity contribution < 1.29 is 38.9 Å². The van der Waals surface area contributed by atoms with Crippen molar-refractivity contribution in [2.24, 2.45) is 0 Å². The van der Waals surface area contributed by atoms with Crippen LogP contribution in [0.1, 0.15) is 35.3 Å². The highest BCUT2D eigenvalue weighted by molar-refractivity contribution is 6.40. The Morgan fingerprint density at radius 2 is 1.71 bits per heavy atom. The van der Waals surface area contributed by atoms with E-state index in [4.69, 9.17) is 16.3 Å². The van der Waals surface area contributed by atoms with Gasteiger partial charge in [0, 0.05) is 53.2 Å². The highest BCUT2D eigenvalue weighted by atomic mass is 35.5. The van der Waals surface area contributed by atoms with Gasteiger partial charge in [-0.15, -0.1) is 5.10 Å². The van der Waals surface area contributed by atoms with Crippen LogP contribution in [0.5, 0.6) is 0 Å². The number of carboxylic acids is 1. The molecular weight excluding hydrogens is 736 g/mol. The summed E-state index contributed by atoms with van der Waals surface area (Å²) < 4.78 is 7.10. The molecule has 2 aliphatic heterocycles. The van der Waals surface area contributed by atoms with Crippen LogP contribution in [0.3, 0.4) is 0 Å². The van der Waals surface area contributed by atoms with Gasteiger partial charge in [0.05, 0.1) is 29.7 Å². The summed E-state index contributed by atoms with van der Waals surface area (Å²) in [5, 5.41) is 41.7. The molecule has 7 rings (SSSR count). The van der Waals surface area contributed by atoms with Crippen LogP contribution in [0, 0.1) is 0 Å². The summed E-state index contributed by atoms with van der Waals surface area (Å²) in [6.45, 7) is 1.27. The molecule has 0 saturated carbocycles. The monoisotopic (exact) mass is 770 g/mol. The number of anilines is 3. The van der Waals surface area contributed by atoms with Crippen molar-refractivity contribution in [1.29, 1.82) is 0 Å². The number of urea groups is 1. The Kier molecular flexibility index (Phi) is 10.4. The first-order chi connectivity index (χ1) is 26.4. The summed E-state index contributed by atoms with van der Waals surface area (Å²) >= 11 is 6.16. The SMILES string of the molecule is O=C(Nc1cc(Cl)ccc1-n1cnnn1)C(=O)N[C@@H](Cc1ccc(NC(=O)N2CCC3(CC2)CC(O)CO3)cc1)C(=O)Nc1ccc2[nH]c(C(=O)O)cc2c1. The number of ether oxygens (including phenoxy) is 1. The highest BCUT2D eigenvalue weighted by Gasteiger charge is 2.43. The largest absolute Gasteiger partial charge is 0.477 e. The van der Waals surface area contributed by atoms with Crippen molar-refractivity contribution >= 4 is 69.3 Å². The van der Waals surface area contributed by atoms with Crippen LogP contribution in [0.25, 0.3) is 16.6 Å². The van der Waals surface area contributed by atoms with Crippen LogP contribution in [0.15, 0.2) is 73.1 Å². The zero-order valence-corrected chi connectivity index (χ0v) is 29.7. The summed E-state index contributed by atoms with van der Waals surface area (Å²) in [4.78, 5) is 69.2. The first kappa shape index (κ1) is 37.0. The van der Waals surface area contributed by atoms with Gasteiger partial charge in [0.2, 0.25) is 5.91 Å². The Hall–Kier alpha value is -6.37. The van der Waals surface area contributed by atoms with Crippen molar-refractivity contribution in [2.75, 3.05) is 35.6 Å². The molecule has 0 bridgehead atoms. The number of fused-ring (bicyclic) bond motifs is 1. The molecule has 19 heteroatoms. The van der Waals surface area contributed by atoms with Crippen LogP contribution in [0.2, 0.25) is 5.02 Å². The molecule has 2 aliphatic rings. The van der Waals surface area contributed by atoms with E-state index < -0.39 is 35.8 Å². The minimum absolute atomic E-state index is 0.0269. The first-order valence-electron chi connectivity index (χ1n) is 17.2. The molecule has 5 aromatic rings. The fourth-order valence-corrected chi connectivity index (χ4v) is 6.87. The molecular formula is C36H35ClN10O8. The van der Waals surface area contributed by atoms with E-state index in [9.17, 15) is 34.2 Å². The predicted octanol–water partition coefficient (Wildman–Crippen LogP) is 2.95. The molecule has 55 heavy (non-hydrogen) atoms. The number of rotatable bonds is 9. The lowest BCUT2D eigenvalue weighted by Gasteiger charge is -2.38. The van der Waals surface area contributed by atoms with E-state index >= 15 is 0 Å². The third-order valence-corrected chi connectivity index (χ3v) is 9.78. The molecule has 2 fully saturated rings. The molecule has 2 aromatic heterocycles. The molecule has 284 valence electrons. The predicted molar refractivity (Wildman–Crippen MR) is 198 cm³/mol. The van der Waals surface area contributed by atoms with Crippen LogP contribution >= 0.6 is 11.6 Å². The number of carboxylic acid groups (broad SMARTS) is 1. The standard InChI is InChI=1S/C36H35ClN10O8/c37-22-3-8-30(47-19-38-44-45-47)27(16-22)42-32(50)33(51)43-28(31(49)39-24-6-7-26-21(14-24)15-29(41-26)34(52)53)13-20-1-4-23(5-2-20)40-35(54)46-11-9-36(10-12-46)17-25(48)18-55-36/h1-8,14-16,19,25,28,41,48H,9-13,17-18H2,(H,39,49)(H,40,54)(H,42,50)(H,43,51)(H,52,53)/t25?,28-/m0/s1. The minimum Gasteiger partial charge on any atom is -0.477 e. The van der Waals surface area contributed by atoms with Gasteiger partial charge in [0.1, 0.15) is 18.1 Å². The number of amides is 5. The molecule has 0 radical (unpaired) electrons. The Morgan fingerprint density at radius 3 is 2.40 bits per heavy atom. The minimum atomic E-state index is -1.27. The van der Waals surface area contributed by atoms with Crippen molar-refractivity contribution in [3.8, 4) is 5.69 Å². The molecule has 4 heterocycles. The number of tetrazole rings is 1. The maximum atomic E-state index is 13.7. The van der Waals surface area contributed by atoms with Gasteiger partial charge in [-0.3, -0.25) is 14.4 Å². The zero-order valence-electron chi connectivity index (χ0n) is 29.0. The number of nitrogens with one attached hydrogen (secondary N) is 5. The Bertz CT molecular complexity index is 2250. The number of H-pyrrole nitrogens is 1. The van der Waals surface area contributed by atoms with Gasteiger partial charge in [0.15, 0.2) is 0 Å². The molecule has 3 aromatic carbocycles. The average molecular weight is 771 g/mol. The Labute approximate surface area is 317 Å². The second kappa shape index (κ2) is 15.5. The number of benzene rings is 3. The third kappa shape index (κ3) is 8.56. The molecule has 0 aliphatic carbocycles.